The van der Waals surface area contributed by atoms with Crippen LogP contribution < -0.4 is 10.1 Å². The molecule has 13 heteroatoms. The van der Waals surface area contributed by atoms with E-state index in [-0.39, 0.29) is 105 Å². The highest BCUT2D eigenvalue weighted by atomic mass is 16.6. The summed E-state index contributed by atoms with van der Waals surface area (Å²) in [7, 11) is 0. The van der Waals surface area contributed by atoms with E-state index in [4.69, 9.17) is 14.2 Å². The Morgan fingerprint density at radius 1 is 0.833 bits per heavy atom. The lowest BCUT2D eigenvalue weighted by atomic mass is 9.48. The van der Waals surface area contributed by atoms with Crippen LogP contribution in [0.3, 0.4) is 0 Å². The van der Waals surface area contributed by atoms with E-state index in [0.29, 0.717) is 52.1 Å². The zero-order chi connectivity index (χ0) is 54.3. The van der Waals surface area contributed by atoms with Crippen molar-refractivity contribution >= 4 is 23.4 Å². The maximum Gasteiger partial charge on any atom is 0.334 e. The smallest absolute Gasteiger partial charge is 0.334 e. The topological polar surface area (TPSA) is 212 Å². The number of ether oxygens (including phenoxy) is 3. The van der Waals surface area contributed by atoms with E-state index in [9.17, 15) is 40.2 Å². The highest BCUT2D eigenvalue weighted by molar-refractivity contribution is 5.89. The second kappa shape index (κ2) is 23.2. The fraction of sp³-hybridized carbons (Fsp3) is 0.615. The molecule has 10 bridgehead atoms. The van der Waals surface area contributed by atoms with E-state index in [1.54, 1.807) is 13.0 Å². The Bertz CT molecular complexity index is 2820. The lowest BCUT2D eigenvalue weighted by Gasteiger charge is -2.59. The number of hydrogen-bond acceptors (Lipinski definition) is 13. The maximum absolute atomic E-state index is 15.7. The minimum Gasteiger partial charge on any atom is -0.507 e. The van der Waals surface area contributed by atoms with Crippen LogP contribution in [0.1, 0.15) is 186 Å². The van der Waals surface area contributed by atoms with Crippen LogP contribution in [0.2, 0.25) is 0 Å². The number of benzene rings is 3. The van der Waals surface area contributed by atoms with Gasteiger partial charge >= 0.3 is 11.9 Å². The minimum absolute atomic E-state index is 0.0239. The molecule has 0 saturated heterocycles. The van der Waals surface area contributed by atoms with Gasteiger partial charge in [-0.2, -0.15) is 0 Å². The number of carbonyl (C=O) groups excluding carboxylic acids is 3. The van der Waals surface area contributed by atoms with Crippen molar-refractivity contribution < 1.29 is 59.2 Å². The molecule has 8 aliphatic rings. The highest BCUT2D eigenvalue weighted by Crippen LogP contribution is 2.59. The van der Waals surface area contributed by atoms with E-state index in [1.807, 2.05) is 42.5 Å². The third-order valence-corrected chi connectivity index (χ3v) is 19.8. The number of nitrogens with one attached hydrogen (secondary N) is 1. The van der Waals surface area contributed by atoms with Gasteiger partial charge in [-0.15, -0.1) is 0 Å². The molecular weight excluding hydrogens is 987 g/mol. The van der Waals surface area contributed by atoms with Gasteiger partial charge in [0.05, 0.1) is 37.8 Å². The largest absolute Gasteiger partial charge is 0.507 e. The summed E-state index contributed by atoms with van der Waals surface area (Å²) >= 11 is 0. The van der Waals surface area contributed by atoms with E-state index < -0.39 is 59.2 Å². The third-order valence-electron chi connectivity index (χ3n) is 19.8. The van der Waals surface area contributed by atoms with Crippen LogP contribution in [0, 0.1) is 41.4 Å². The molecule has 3 aromatic carbocycles. The van der Waals surface area contributed by atoms with Crippen molar-refractivity contribution in [3.63, 3.8) is 0 Å². The summed E-state index contributed by atoms with van der Waals surface area (Å²) in [4.78, 5) is 43.9. The van der Waals surface area contributed by atoms with E-state index in [1.165, 1.54) is 6.08 Å². The molecule has 0 radical (unpaired) electrons. The summed E-state index contributed by atoms with van der Waals surface area (Å²) in [6.07, 6.45) is 13.1. The van der Waals surface area contributed by atoms with Gasteiger partial charge in [0.1, 0.15) is 40.7 Å². The molecule has 0 amide bonds. The Labute approximate surface area is 459 Å². The number of rotatable bonds is 10. The van der Waals surface area contributed by atoms with Crippen molar-refractivity contribution in [2.24, 2.45) is 29.6 Å². The SMILES string of the molecule is C[C@@](O)(CNc1cc(CO)cc([C@H]2C#C[C@@H]3CC(=O)Oc4c3cc(c(O)c4C3CCCCC3)C[C@H]3OC(=O)/C(=C\[C@H](O)Cc4cccc(c4)C[C@@H]4C(=O)CC[C@@H]5[C@@H]4C[C@@H]4CCCC[C@H]4[C@]53O)C2)c1)[C@H](O)COC1CCCCC1. The first-order chi connectivity index (χ1) is 37.6. The van der Waals surface area contributed by atoms with Gasteiger partial charge in [-0.3, -0.25) is 9.59 Å². The quantitative estimate of drug-likeness (QED) is 0.0575. The molecule has 11 rings (SSSR count). The van der Waals surface area contributed by atoms with E-state index in [0.717, 1.165) is 107 Å². The summed E-state index contributed by atoms with van der Waals surface area (Å²) < 4.78 is 19.2. The predicted molar refractivity (Wildman–Crippen MR) is 294 cm³/mol. The second-order valence-electron chi connectivity index (χ2n) is 25.0. The van der Waals surface area contributed by atoms with Gasteiger partial charge in [-0.25, -0.2) is 4.79 Å². The lowest BCUT2D eigenvalue weighted by molar-refractivity contribution is -0.228. The molecule has 3 heterocycles. The van der Waals surface area contributed by atoms with Crippen LogP contribution in [-0.2, 0) is 49.7 Å². The number of hydrogen-bond donors (Lipinski definition) is 7. The van der Waals surface area contributed by atoms with Crippen molar-refractivity contribution in [1.82, 2.24) is 0 Å². The van der Waals surface area contributed by atoms with Crippen molar-refractivity contribution in [1.29, 1.82) is 0 Å². The lowest BCUT2D eigenvalue weighted by Crippen LogP contribution is -2.65. The number of esters is 2. The zero-order valence-corrected chi connectivity index (χ0v) is 45.4. The average Bonchev–Trinajstić information content (AvgIpc) is 3.65. The number of Topliss-reactive ketones (excluding diaryl/α,β-unsaturated/α-hetero) is 1. The van der Waals surface area contributed by atoms with Gasteiger partial charge < -0.3 is 50.2 Å². The monoisotopic (exact) mass is 1070 g/mol. The minimum atomic E-state index is -1.61. The number of aromatic hydroxyl groups is 1. The van der Waals surface area contributed by atoms with Crippen molar-refractivity contribution in [3.05, 3.63) is 99.1 Å². The molecule has 0 spiro atoms. The number of phenols is 1. The number of aliphatic hydroxyl groups excluding tert-OH is 3. The molecule has 3 aliphatic heterocycles. The van der Waals surface area contributed by atoms with Gasteiger partial charge in [0.2, 0.25) is 0 Å². The summed E-state index contributed by atoms with van der Waals surface area (Å²) in [5, 5.41) is 76.1. The Hall–Kier alpha value is -5.07. The fourth-order valence-electron chi connectivity index (χ4n) is 15.6. The number of aliphatic hydroxyl groups is 5. The van der Waals surface area contributed by atoms with Gasteiger partial charge in [0, 0.05) is 60.0 Å². The van der Waals surface area contributed by atoms with E-state index >= 15 is 4.79 Å². The normalized spacial score (nSPS) is 32.5. The molecule has 5 fully saturated rings. The molecule has 13 nitrogen and oxygen atoms in total. The Morgan fingerprint density at radius 2 is 1.56 bits per heavy atom. The molecule has 0 aromatic heterocycles. The first-order valence-electron chi connectivity index (χ1n) is 29.7. The Kier molecular flexibility index (Phi) is 16.3. The van der Waals surface area contributed by atoms with Crippen LogP contribution in [0.4, 0.5) is 5.69 Å². The van der Waals surface area contributed by atoms with Crippen LogP contribution in [0.25, 0.3) is 0 Å². The average molecular weight is 1070 g/mol. The second-order valence-corrected chi connectivity index (χ2v) is 25.0. The summed E-state index contributed by atoms with van der Waals surface area (Å²) in [6, 6.07) is 15.2. The third kappa shape index (κ3) is 11.3. The summed E-state index contributed by atoms with van der Waals surface area (Å²) in [5.41, 5.74) is 2.04. The van der Waals surface area contributed by atoms with Crippen LogP contribution in [0.5, 0.6) is 11.5 Å². The van der Waals surface area contributed by atoms with Crippen LogP contribution in [-0.4, -0.2) is 97.1 Å². The zero-order valence-electron chi connectivity index (χ0n) is 45.4. The molecule has 7 N–H and O–H groups in total. The van der Waals surface area contributed by atoms with E-state index in [2.05, 4.69) is 17.2 Å². The Morgan fingerprint density at radius 3 is 2.35 bits per heavy atom. The van der Waals surface area contributed by atoms with Gasteiger partial charge in [0.25, 0.3) is 0 Å². The molecule has 3 aromatic rings. The summed E-state index contributed by atoms with van der Waals surface area (Å²) in [5.74, 6) is 3.49. The van der Waals surface area contributed by atoms with Crippen molar-refractivity contribution in [2.45, 2.75) is 208 Å². The first kappa shape index (κ1) is 54.9. The highest BCUT2D eigenvalue weighted by Gasteiger charge is 2.62. The Balaban J connectivity index is 1.06. The van der Waals surface area contributed by atoms with Gasteiger partial charge in [0.15, 0.2) is 0 Å². The predicted octanol–water partition coefficient (Wildman–Crippen LogP) is 9.08. The van der Waals surface area contributed by atoms with Crippen LogP contribution in [0.15, 0.2) is 60.2 Å². The van der Waals surface area contributed by atoms with Crippen molar-refractivity contribution in [2.75, 3.05) is 18.5 Å². The van der Waals surface area contributed by atoms with Crippen LogP contribution >= 0.6 is 0 Å². The molecule has 418 valence electrons. The molecular formula is C65H81NO12. The van der Waals surface area contributed by atoms with Gasteiger partial charge in [-0.1, -0.05) is 100.0 Å². The first-order valence-corrected chi connectivity index (χ1v) is 29.7. The number of fused-ring (bicyclic) bond motifs is 9. The fourth-order valence-corrected chi connectivity index (χ4v) is 15.6. The number of carbonyl (C=O) groups is 3. The van der Waals surface area contributed by atoms with Crippen molar-refractivity contribution in [3.8, 4) is 23.3 Å². The maximum atomic E-state index is 15.7. The molecule has 0 unspecified atom stereocenters. The number of ketones is 1. The van der Waals surface area contributed by atoms with Gasteiger partial charge in [-0.05, 0) is 146 Å². The number of anilines is 1. The summed E-state index contributed by atoms with van der Waals surface area (Å²) in [6.45, 7) is 1.11. The molecule has 5 aliphatic carbocycles. The molecule has 5 saturated carbocycles. The molecule has 12 atom stereocenters. The molecule has 78 heavy (non-hydrogen) atoms. The number of phenolic OH excluding ortho intramolecular Hbond substituents is 1. The standard InChI is InChI=1S/C65H81NO12/c1-64(74,57(70)36-76-50-16-6-3-7-17-50)37-66-48-25-40(35-67)24-45(29-48)42-19-20-43-34-59(71)78-62-51(43)32-46(61(72)60(62)41-13-4-2-5-14-41)33-58-65(75)54-18-9-8-15-44(54)31-52-53(56(69)22-21-55(52)65)27-39-12-10-11-38(23-39)26-49(68)30-47(28-42)63(73)77-58/h10-12,23-25,29-30,32,41-44,49-50,52-55,57-58,66-68,70,72,74-75H,2-9,13-18,21-22,26-28,31,33-37H2,1H3/b47-30-/t42-,43+,44-,49+,52+,53-,54+,55+,57+,58+,64+,65-/m0/s1.